The van der Waals surface area contributed by atoms with Crippen molar-refractivity contribution < 1.29 is 31.1 Å². The third-order valence-corrected chi connectivity index (χ3v) is 5.16. The van der Waals surface area contributed by atoms with Gasteiger partial charge in [-0.25, -0.2) is 8.42 Å². The summed E-state index contributed by atoms with van der Waals surface area (Å²) in [6, 6.07) is 10.4. The van der Waals surface area contributed by atoms with Gasteiger partial charge in [-0.15, -0.1) is 13.2 Å². The molecule has 27 heavy (non-hydrogen) atoms. The second-order valence-corrected chi connectivity index (χ2v) is 8.02. The highest BCUT2D eigenvalue weighted by atomic mass is 32.2. The predicted molar refractivity (Wildman–Crippen MR) is 93.2 cm³/mol. The number of alkyl halides is 3. The van der Waals surface area contributed by atoms with Gasteiger partial charge in [-0.05, 0) is 48.9 Å². The highest BCUT2D eigenvalue weighted by Gasteiger charge is 2.31. The molecule has 5 nitrogen and oxygen atoms in total. The van der Waals surface area contributed by atoms with Crippen LogP contribution in [-0.4, -0.2) is 38.9 Å². The van der Waals surface area contributed by atoms with Gasteiger partial charge in [0.2, 0.25) is 0 Å². The molecule has 0 aliphatic carbocycles. The van der Waals surface area contributed by atoms with Crippen LogP contribution in [0.5, 0.6) is 5.75 Å². The fraction of sp³-hybridized carbons (Fsp3) is 0.278. The third kappa shape index (κ3) is 5.46. The van der Waals surface area contributed by atoms with E-state index in [9.17, 15) is 26.4 Å². The van der Waals surface area contributed by atoms with E-state index in [0.29, 0.717) is 0 Å². The van der Waals surface area contributed by atoms with E-state index in [1.165, 1.54) is 29.2 Å². The zero-order valence-electron chi connectivity index (χ0n) is 14.8. The molecule has 0 unspecified atom stereocenters. The van der Waals surface area contributed by atoms with E-state index in [1.54, 1.807) is 26.1 Å². The highest BCUT2D eigenvalue weighted by Crippen LogP contribution is 2.25. The summed E-state index contributed by atoms with van der Waals surface area (Å²) in [6.45, 7) is 1.76. The maximum atomic E-state index is 12.5. The summed E-state index contributed by atoms with van der Waals surface area (Å²) in [6.07, 6.45) is -3.69. The lowest BCUT2D eigenvalue weighted by Crippen LogP contribution is -2.29. The van der Waals surface area contributed by atoms with Gasteiger partial charge in [-0.2, -0.15) is 0 Å². The minimum atomic E-state index is -4.80. The number of nitrogens with zero attached hydrogens (tertiary/aromatic N) is 1. The van der Waals surface area contributed by atoms with Crippen LogP contribution in [0.4, 0.5) is 13.2 Å². The molecule has 0 spiro atoms. The summed E-state index contributed by atoms with van der Waals surface area (Å²) in [5.41, 5.74) is 0.918. The number of rotatable bonds is 5. The lowest BCUT2D eigenvalue weighted by atomic mass is 10.1. The fourth-order valence-electron chi connectivity index (χ4n) is 2.40. The Bertz CT molecular complexity index is 907. The van der Waals surface area contributed by atoms with Crippen LogP contribution in [0, 0.1) is 0 Å². The quantitative estimate of drug-likeness (QED) is 0.764. The van der Waals surface area contributed by atoms with Crippen LogP contribution in [0.1, 0.15) is 28.9 Å². The Labute approximate surface area is 155 Å². The van der Waals surface area contributed by atoms with Crippen molar-refractivity contribution in [2.24, 2.45) is 0 Å². The molecule has 0 radical (unpaired) electrons. The van der Waals surface area contributed by atoms with E-state index >= 15 is 0 Å². The lowest BCUT2D eigenvalue weighted by Gasteiger charge is -2.25. The summed E-state index contributed by atoms with van der Waals surface area (Å²) in [7, 11) is -1.76. The van der Waals surface area contributed by atoms with Crippen LogP contribution in [0.15, 0.2) is 53.4 Å². The zero-order chi connectivity index (χ0) is 20.4. The molecule has 2 rings (SSSR count). The van der Waals surface area contributed by atoms with Crippen molar-refractivity contribution in [2.75, 3.05) is 13.3 Å². The maximum absolute atomic E-state index is 12.5. The van der Waals surface area contributed by atoms with Crippen LogP contribution in [-0.2, 0) is 9.84 Å². The van der Waals surface area contributed by atoms with Crippen molar-refractivity contribution in [3.05, 3.63) is 59.7 Å². The number of halogens is 3. The lowest BCUT2D eigenvalue weighted by molar-refractivity contribution is -0.274. The first kappa shape index (κ1) is 20.8. The monoisotopic (exact) mass is 401 g/mol. The minimum Gasteiger partial charge on any atom is -0.406 e. The van der Waals surface area contributed by atoms with Crippen LogP contribution in [0.2, 0.25) is 0 Å². The molecule has 1 atom stereocenters. The Morgan fingerprint density at radius 2 is 1.56 bits per heavy atom. The summed E-state index contributed by atoms with van der Waals surface area (Å²) >= 11 is 0. The third-order valence-electron chi connectivity index (χ3n) is 4.03. The van der Waals surface area contributed by atoms with Crippen molar-refractivity contribution in [3.63, 3.8) is 0 Å². The van der Waals surface area contributed by atoms with Crippen molar-refractivity contribution in [1.29, 1.82) is 0 Å². The molecule has 0 aliphatic heterocycles. The fourth-order valence-corrected chi connectivity index (χ4v) is 3.03. The van der Waals surface area contributed by atoms with Crippen molar-refractivity contribution >= 4 is 15.7 Å². The van der Waals surface area contributed by atoms with Crippen LogP contribution in [0.3, 0.4) is 0 Å². The molecule has 0 aliphatic rings. The molecular formula is C18H18F3NO4S. The molecule has 0 heterocycles. The Balaban J connectivity index is 2.14. The molecule has 2 aromatic rings. The van der Waals surface area contributed by atoms with E-state index < -0.39 is 27.9 Å². The SMILES string of the molecule is C[C@H](c1ccc(S(C)(=O)=O)cc1)N(C)C(=O)c1ccc(OC(F)(F)F)cc1. The summed E-state index contributed by atoms with van der Waals surface area (Å²) in [4.78, 5) is 14.1. The second-order valence-electron chi connectivity index (χ2n) is 6.01. The first-order chi connectivity index (χ1) is 12.4. The van der Waals surface area contributed by atoms with Gasteiger partial charge in [0.25, 0.3) is 5.91 Å². The molecule has 0 saturated carbocycles. The average Bonchev–Trinajstić information content (AvgIpc) is 2.58. The Hall–Kier alpha value is -2.55. The zero-order valence-corrected chi connectivity index (χ0v) is 15.6. The van der Waals surface area contributed by atoms with Crippen molar-refractivity contribution in [3.8, 4) is 5.75 Å². The normalized spacial score (nSPS) is 13.1. The minimum absolute atomic E-state index is 0.174. The van der Waals surface area contributed by atoms with Gasteiger partial charge in [-0.1, -0.05) is 12.1 Å². The van der Waals surface area contributed by atoms with Gasteiger partial charge in [0.05, 0.1) is 10.9 Å². The highest BCUT2D eigenvalue weighted by molar-refractivity contribution is 7.90. The van der Waals surface area contributed by atoms with E-state index in [1.807, 2.05) is 0 Å². The van der Waals surface area contributed by atoms with Crippen LogP contribution < -0.4 is 4.74 Å². The number of ether oxygens (including phenoxy) is 1. The van der Waals surface area contributed by atoms with Crippen molar-refractivity contribution in [2.45, 2.75) is 24.2 Å². The van der Waals surface area contributed by atoms with Crippen LogP contribution in [0.25, 0.3) is 0 Å². The first-order valence-electron chi connectivity index (χ1n) is 7.81. The number of sulfone groups is 1. The van der Waals surface area contributed by atoms with Crippen molar-refractivity contribution in [1.82, 2.24) is 4.90 Å². The topological polar surface area (TPSA) is 63.7 Å². The van der Waals surface area contributed by atoms with E-state index in [0.717, 1.165) is 24.0 Å². The molecule has 0 saturated heterocycles. The van der Waals surface area contributed by atoms with Gasteiger partial charge < -0.3 is 9.64 Å². The predicted octanol–water partition coefficient (Wildman–Crippen LogP) is 3.82. The van der Waals surface area contributed by atoms with Gasteiger partial charge in [0, 0.05) is 18.9 Å². The number of amides is 1. The Morgan fingerprint density at radius 3 is 2.00 bits per heavy atom. The molecule has 0 bridgehead atoms. The molecule has 0 N–H and O–H groups in total. The van der Waals surface area contributed by atoms with E-state index in [4.69, 9.17) is 0 Å². The Morgan fingerprint density at radius 1 is 1.04 bits per heavy atom. The standard InChI is InChI=1S/C18H18F3NO4S/c1-12(13-6-10-16(11-7-13)27(3,24)25)22(2)17(23)14-4-8-15(9-5-14)26-18(19,20)21/h4-12H,1-3H3/t12-/m1/s1. The molecule has 146 valence electrons. The average molecular weight is 401 g/mol. The first-order valence-corrected chi connectivity index (χ1v) is 9.70. The molecule has 9 heteroatoms. The molecule has 2 aromatic carbocycles. The van der Waals surface area contributed by atoms with E-state index in [-0.39, 0.29) is 16.5 Å². The number of hydrogen-bond acceptors (Lipinski definition) is 4. The smallest absolute Gasteiger partial charge is 0.406 e. The summed E-state index contributed by atoms with van der Waals surface area (Å²) < 4.78 is 63.4. The molecule has 0 fully saturated rings. The number of carbonyl (C=O) groups excluding carboxylic acids is 1. The summed E-state index contributed by atoms with van der Waals surface area (Å²) in [5, 5.41) is 0. The Kier molecular flexibility index (Phi) is 5.84. The molecule has 0 aromatic heterocycles. The van der Waals surface area contributed by atoms with Gasteiger partial charge in [-0.3, -0.25) is 4.79 Å². The molecular weight excluding hydrogens is 383 g/mol. The molecule has 1 amide bonds. The van der Waals surface area contributed by atoms with E-state index in [2.05, 4.69) is 4.74 Å². The number of benzene rings is 2. The second kappa shape index (κ2) is 7.59. The number of carbonyl (C=O) groups is 1. The summed E-state index contributed by atoms with van der Waals surface area (Å²) in [5.74, 6) is -0.806. The van der Waals surface area contributed by atoms with Crippen LogP contribution >= 0.6 is 0 Å². The van der Waals surface area contributed by atoms with Gasteiger partial charge >= 0.3 is 6.36 Å². The van der Waals surface area contributed by atoms with Gasteiger partial charge in [0.1, 0.15) is 5.75 Å². The largest absolute Gasteiger partial charge is 0.573 e. The maximum Gasteiger partial charge on any atom is 0.573 e. The number of hydrogen-bond donors (Lipinski definition) is 0. The van der Waals surface area contributed by atoms with Gasteiger partial charge in [0.15, 0.2) is 9.84 Å².